The molecule has 0 radical (unpaired) electrons. The van der Waals surface area contributed by atoms with Crippen LogP contribution in [0.4, 0.5) is 0 Å². The van der Waals surface area contributed by atoms with Crippen molar-refractivity contribution in [2.75, 3.05) is 19.7 Å². The fourth-order valence-corrected chi connectivity index (χ4v) is 5.77. The van der Waals surface area contributed by atoms with Gasteiger partial charge in [-0.05, 0) is 84.2 Å². The molecule has 186 valence electrons. The van der Waals surface area contributed by atoms with Gasteiger partial charge in [0.15, 0.2) is 0 Å². The van der Waals surface area contributed by atoms with Crippen molar-refractivity contribution in [2.45, 2.75) is 39.0 Å². The highest BCUT2D eigenvalue weighted by Crippen LogP contribution is 2.38. The summed E-state index contributed by atoms with van der Waals surface area (Å²) in [6, 6.07) is 33.0. The highest BCUT2D eigenvalue weighted by Gasteiger charge is 2.30. The van der Waals surface area contributed by atoms with Gasteiger partial charge >= 0.3 is 0 Å². The van der Waals surface area contributed by atoms with Crippen LogP contribution in [0.3, 0.4) is 0 Å². The van der Waals surface area contributed by atoms with Gasteiger partial charge in [-0.1, -0.05) is 78.9 Å². The van der Waals surface area contributed by atoms with Crippen molar-refractivity contribution in [3.63, 3.8) is 0 Å². The second kappa shape index (κ2) is 10.6. The van der Waals surface area contributed by atoms with E-state index in [1.807, 2.05) is 6.92 Å². The third-order valence-electron chi connectivity index (χ3n) is 7.53. The second-order valence-corrected chi connectivity index (χ2v) is 9.97. The Bertz CT molecular complexity index is 1460. The van der Waals surface area contributed by atoms with Gasteiger partial charge < -0.3 is 9.64 Å². The van der Waals surface area contributed by atoms with Crippen LogP contribution in [0.5, 0.6) is 5.75 Å². The molecule has 37 heavy (non-hydrogen) atoms. The normalized spacial score (nSPS) is 14.8. The molecule has 2 heterocycles. The molecule has 0 unspecified atom stereocenters. The van der Waals surface area contributed by atoms with Gasteiger partial charge in [0.05, 0.1) is 6.61 Å². The van der Waals surface area contributed by atoms with Gasteiger partial charge in [0.2, 0.25) is 0 Å². The summed E-state index contributed by atoms with van der Waals surface area (Å²) in [5, 5.41) is 2.64. The zero-order chi connectivity index (χ0) is 25.0. The first-order valence-corrected chi connectivity index (χ1v) is 13.6. The number of hydrogen-bond acceptors (Lipinski definition) is 3. The molecule has 0 atom stereocenters. The van der Waals surface area contributed by atoms with Gasteiger partial charge in [-0.15, -0.1) is 0 Å². The molecule has 0 aromatic heterocycles. The molecule has 2 aliphatic heterocycles. The molecule has 0 fully saturated rings. The van der Waals surface area contributed by atoms with E-state index in [4.69, 9.17) is 9.73 Å². The van der Waals surface area contributed by atoms with Crippen molar-refractivity contribution < 1.29 is 4.74 Å². The van der Waals surface area contributed by atoms with Gasteiger partial charge in [0.25, 0.3) is 0 Å². The number of hydrogen-bond donors (Lipinski definition) is 0. The minimum atomic E-state index is 0.691. The minimum absolute atomic E-state index is 0.691. The number of allylic oxidation sites excluding steroid dienone is 2. The summed E-state index contributed by atoms with van der Waals surface area (Å²) in [5.74, 6) is 2.10. The van der Waals surface area contributed by atoms with E-state index in [1.54, 1.807) is 0 Å². The first-order valence-electron chi connectivity index (χ1n) is 13.6. The van der Waals surface area contributed by atoms with E-state index >= 15 is 0 Å². The topological polar surface area (TPSA) is 24.8 Å². The maximum Gasteiger partial charge on any atom is 0.135 e. The van der Waals surface area contributed by atoms with Gasteiger partial charge in [-0.3, -0.25) is 4.99 Å². The van der Waals surface area contributed by atoms with E-state index in [0.29, 0.717) is 6.61 Å². The Morgan fingerprint density at radius 1 is 0.784 bits per heavy atom. The Morgan fingerprint density at radius 2 is 1.54 bits per heavy atom. The number of amidine groups is 1. The number of aliphatic imine (C=N–C) groups is 1. The van der Waals surface area contributed by atoms with E-state index in [-0.39, 0.29) is 0 Å². The van der Waals surface area contributed by atoms with Gasteiger partial charge in [-0.25, -0.2) is 0 Å². The van der Waals surface area contributed by atoms with Crippen LogP contribution in [0.15, 0.2) is 102 Å². The van der Waals surface area contributed by atoms with Gasteiger partial charge in [-0.2, -0.15) is 0 Å². The van der Waals surface area contributed by atoms with Crippen molar-refractivity contribution in [3.05, 3.63) is 119 Å². The lowest BCUT2D eigenvalue weighted by Gasteiger charge is -2.38. The highest BCUT2D eigenvalue weighted by atomic mass is 16.5. The van der Waals surface area contributed by atoms with E-state index in [2.05, 4.69) is 95.9 Å². The Morgan fingerprint density at radius 3 is 2.38 bits per heavy atom. The number of fused-ring (bicyclic) bond motifs is 4. The van der Waals surface area contributed by atoms with Crippen LogP contribution in [-0.4, -0.2) is 30.4 Å². The molecule has 6 rings (SSSR count). The van der Waals surface area contributed by atoms with E-state index in [1.165, 1.54) is 44.3 Å². The van der Waals surface area contributed by atoms with Crippen LogP contribution in [0.2, 0.25) is 0 Å². The number of benzene rings is 4. The molecule has 0 amide bonds. The summed E-state index contributed by atoms with van der Waals surface area (Å²) in [6.45, 7) is 4.68. The lowest BCUT2D eigenvalue weighted by Crippen LogP contribution is -2.39. The average molecular weight is 487 g/mol. The zero-order valence-electron chi connectivity index (χ0n) is 21.6. The molecule has 3 heteroatoms. The summed E-state index contributed by atoms with van der Waals surface area (Å²) in [7, 11) is 0. The quantitative estimate of drug-likeness (QED) is 0.255. The summed E-state index contributed by atoms with van der Waals surface area (Å²) < 4.78 is 5.68. The number of aryl methyl sites for hydroxylation is 1. The SMILES string of the molecule is CCOc1ccc(CC2=C(CCCc3ccc4ccccc4c3)N3CCCN=C3c3ccccc32)cc1. The summed E-state index contributed by atoms with van der Waals surface area (Å²) in [5.41, 5.74) is 8.25. The molecular weight excluding hydrogens is 452 g/mol. The van der Waals surface area contributed by atoms with E-state index in [9.17, 15) is 0 Å². The monoisotopic (exact) mass is 486 g/mol. The smallest absolute Gasteiger partial charge is 0.135 e. The van der Waals surface area contributed by atoms with E-state index < -0.39 is 0 Å². The summed E-state index contributed by atoms with van der Waals surface area (Å²) in [4.78, 5) is 7.53. The van der Waals surface area contributed by atoms with Crippen LogP contribution in [-0.2, 0) is 12.8 Å². The number of ether oxygens (including phenoxy) is 1. The maximum atomic E-state index is 5.68. The fraction of sp³-hybridized carbons (Fsp3) is 0.265. The molecule has 4 aromatic carbocycles. The Balaban J connectivity index is 1.32. The first kappa shape index (κ1) is 23.5. The zero-order valence-corrected chi connectivity index (χ0v) is 21.6. The Hall–Kier alpha value is -3.85. The third kappa shape index (κ3) is 4.91. The van der Waals surface area contributed by atoms with Gasteiger partial charge in [0, 0.05) is 24.4 Å². The standard InChI is InChI=1S/C34H34N2O/c1-2-37-29-19-16-26(17-20-29)24-32-30-12-5-6-13-31(30)34-35-21-8-22-36(34)33(32)14-7-9-25-15-18-27-10-3-4-11-28(27)23-25/h3-6,10-13,15-20,23H,2,7-9,14,21-22,24H2,1H3. The van der Waals surface area contributed by atoms with Crippen LogP contribution in [0.1, 0.15) is 48.4 Å². The molecule has 0 saturated heterocycles. The van der Waals surface area contributed by atoms with Crippen LogP contribution >= 0.6 is 0 Å². The Labute approximate surface area is 220 Å². The van der Waals surface area contributed by atoms with E-state index in [0.717, 1.165) is 56.8 Å². The maximum absolute atomic E-state index is 5.68. The van der Waals surface area contributed by atoms with Crippen molar-refractivity contribution >= 4 is 22.2 Å². The summed E-state index contributed by atoms with van der Waals surface area (Å²) in [6.07, 6.45) is 5.26. The van der Waals surface area contributed by atoms with Crippen molar-refractivity contribution in [1.29, 1.82) is 0 Å². The van der Waals surface area contributed by atoms with Crippen molar-refractivity contribution in [3.8, 4) is 5.75 Å². The number of rotatable bonds is 8. The molecule has 3 nitrogen and oxygen atoms in total. The van der Waals surface area contributed by atoms with Crippen molar-refractivity contribution in [2.24, 2.45) is 4.99 Å². The molecule has 0 bridgehead atoms. The largest absolute Gasteiger partial charge is 0.494 e. The average Bonchev–Trinajstić information content (AvgIpc) is 2.95. The Kier molecular flexibility index (Phi) is 6.77. The summed E-state index contributed by atoms with van der Waals surface area (Å²) >= 11 is 0. The predicted octanol–water partition coefficient (Wildman–Crippen LogP) is 7.68. The molecule has 0 aliphatic carbocycles. The third-order valence-corrected chi connectivity index (χ3v) is 7.53. The predicted molar refractivity (Wildman–Crippen MR) is 154 cm³/mol. The molecule has 2 aliphatic rings. The second-order valence-electron chi connectivity index (χ2n) is 9.97. The molecule has 0 N–H and O–H groups in total. The fourth-order valence-electron chi connectivity index (χ4n) is 5.77. The molecule has 4 aromatic rings. The highest BCUT2D eigenvalue weighted by molar-refractivity contribution is 6.07. The lowest BCUT2D eigenvalue weighted by molar-refractivity contribution is 0.340. The minimum Gasteiger partial charge on any atom is -0.494 e. The molecular formula is C34H34N2O. The first-order chi connectivity index (χ1) is 18.3. The van der Waals surface area contributed by atoms with Crippen LogP contribution in [0.25, 0.3) is 16.3 Å². The lowest BCUT2D eigenvalue weighted by atomic mass is 9.86. The number of nitrogens with zero attached hydrogens (tertiary/aromatic N) is 2. The van der Waals surface area contributed by atoms with Crippen molar-refractivity contribution in [1.82, 2.24) is 4.90 Å². The van der Waals surface area contributed by atoms with Gasteiger partial charge in [0.1, 0.15) is 11.6 Å². The molecule has 0 saturated carbocycles. The molecule has 0 spiro atoms. The van der Waals surface area contributed by atoms with Crippen LogP contribution < -0.4 is 4.74 Å². The van der Waals surface area contributed by atoms with Crippen LogP contribution in [0, 0.1) is 0 Å².